The number of benzene rings is 2. The van der Waals surface area contributed by atoms with Crippen LogP contribution in [0.4, 0.5) is 25.0 Å². The Kier molecular flexibility index (Phi) is 4.13. The highest BCUT2D eigenvalue weighted by atomic mass is 19.1. The van der Waals surface area contributed by atoms with E-state index in [0.717, 1.165) is 12.1 Å². The first kappa shape index (κ1) is 14.4. The van der Waals surface area contributed by atoms with E-state index in [4.69, 9.17) is 5.11 Å². The topological polar surface area (TPSA) is 78.4 Å². The number of nitrogens with one attached hydrogen (secondary N) is 2. The van der Waals surface area contributed by atoms with Gasteiger partial charge < -0.3 is 10.4 Å². The monoisotopic (exact) mass is 292 g/mol. The molecule has 0 radical (unpaired) electrons. The van der Waals surface area contributed by atoms with Crippen LogP contribution in [-0.4, -0.2) is 17.1 Å². The molecule has 0 aliphatic carbocycles. The van der Waals surface area contributed by atoms with Gasteiger partial charge in [0, 0.05) is 17.4 Å². The first-order chi connectivity index (χ1) is 9.95. The number of hydrogen-bond donors (Lipinski definition) is 3. The highest BCUT2D eigenvalue weighted by Gasteiger charge is 2.12. The lowest BCUT2D eigenvalue weighted by atomic mass is 10.2. The quantitative estimate of drug-likeness (QED) is 0.812. The fourth-order valence-corrected chi connectivity index (χ4v) is 1.63. The lowest BCUT2D eigenvalue weighted by molar-refractivity contribution is 0.102. The molecule has 0 saturated heterocycles. The molecule has 0 aliphatic heterocycles. The zero-order valence-electron chi connectivity index (χ0n) is 10.6. The molecule has 5 nitrogen and oxygen atoms in total. The number of carbonyl (C=O) groups excluding carboxylic acids is 1. The average molecular weight is 292 g/mol. The first-order valence-corrected chi connectivity index (χ1v) is 5.82. The van der Waals surface area contributed by atoms with E-state index in [-0.39, 0.29) is 5.56 Å². The largest absolute Gasteiger partial charge is 0.465 e. The van der Waals surface area contributed by atoms with E-state index in [1.165, 1.54) is 24.3 Å². The van der Waals surface area contributed by atoms with Crippen LogP contribution in [-0.2, 0) is 0 Å². The summed E-state index contributed by atoms with van der Waals surface area (Å²) in [6, 6.07) is 8.41. The summed E-state index contributed by atoms with van der Waals surface area (Å²) in [5.74, 6) is -2.46. The van der Waals surface area contributed by atoms with Crippen LogP contribution in [0.25, 0.3) is 0 Å². The number of amides is 2. The van der Waals surface area contributed by atoms with Crippen molar-refractivity contribution in [1.82, 2.24) is 0 Å². The van der Waals surface area contributed by atoms with Gasteiger partial charge in [0.2, 0.25) is 0 Å². The van der Waals surface area contributed by atoms with Crippen molar-refractivity contribution in [2.45, 2.75) is 0 Å². The van der Waals surface area contributed by atoms with Crippen molar-refractivity contribution >= 4 is 23.4 Å². The smallest absolute Gasteiger partial charge is 0.409 e. The highest BCUT2D eigenvalue weighted by Crippen LogP contribution is 2.16. The zero-order chi connectivity index (χ0) is 15.4. The van der Waals surface area contributed by atoms with Crippen LogP contribution in [0.3, 0.4) is 0 Å². The fourth-order valence-electron chi connectivity index (χ4n) is 1.63. The van der Waals surface area contributed by atoms with E-state index in [9.17, 15) is 18.4 Å². The maximum atomic E-state index is 13.4. The molecule has 21 heavy (non-hydrogen) atoms. The highest BCUT2D eigenvalue weighted by molar-refractivity contribution is 6.04. The molecule has 0 heterocycles. The van der Waals surface area contributed by atoms with Gasteiger partial charge in [-0.1, -0.05) is 0 Å². The van der Waals surface area contributed by atoms with Gasteiger partial charge in [0.05, 0.1) is 5.56 Å². The van der Waals surface area contributed by atoms with Gasteiger partial charge in [-0.25, -0.2) is 13.6 Å². The number of anilines is 2. The summed E-state index contributed by atoms with van der Waals surface area (Å²) < 4.78 is 26.2. The molecular weight excluding hydrogens is 282 g/mol. The van der Waals surface area contributed by atoms with Gasteiger partial charge in [-0.05, 0) is 36.4 Å². The van der Waals surface area contributed by atoms with Crippen molar-refractivity contribution in [3.05, 3.63) is 59.7 Å². The Hall–Kier alpha value is -2.96. The second kappa shape index (κ2) is 6.00. The van der Waals surface area contributed by atoms with Gasteiger partial charge in [0.15, 0.2) is 0 Å². The van der Waals surface area contributed by atoms with E-state index in [1.54, 1.807) is 0 Å². The molecule has 2 aromatic carbocycles. The van der Waals surface area contributed by atoms with E-state index < -0.39 is 23.6 Å². The molecule has 2 rings (SSSR count). The minimum absolute atomic E-state index is 0.288. The van der Waals surface area contributed by atoms with E-state index >= 15 is 0 Å². The van der Waals surface area contributed by atoms with Crippen molar-refractivity contribution in [3.63, 3.8) is 0 Å². The van der Waals surface area contributed by atoms with Crippen LogP contribution >= 0.6 is 0 Å². The second-order valence-corrected chi connectivity index (χ2v) is 4.09. The molecule has 7 heteroatoms. The standard InChI is InChI=1S/C14H10F2N2O3/c15-8-1-6-11(12(16)7-8)13(19)17-9-2-4-10(5-3-9)18-14(20)21/h1-7,18H,(H,17,19)(H,20,21). The molecule has 0 bridgehead atoms. The van der Waals surface area contributed by atoms with Crippen LogP contribution in [0, 0.1) is 11.6 Å². The second-order valence-electron chi connectivity index (χ2n) is 4.09. The minimum atomic E-state index is -1.21. The third kappa shape index (κ3) is 3.75. The molecule has 0 aromatic heterocycles. The molecule has 0 unspecified atom stereocenters. The summed E-state index contributed by atoms with van der Waals surface area (Å²) in [5.41, 5.74) is 0.386. The lowest BCUT2D eigenvalue weighted by Crippen LogP contribution is -2.14. The number of halogens is 2. The minimum Gasteiger partial charge on any atom is -0.465 e. The zero-order valence-corrected chi connectivity index (χ0v) is 10.6. The number of carbonyl (C=O) groups is 2. The van der Waals surface area contributed by atoms with Crippen molar-refractivity contribution < 1.29 is 23.5 Å². The first-order valence-electron chi connectivity index (χ1n) is 5.82. The Bertz CT molecular complexity index is 687. The molecule has 0 spiro atoms. The van der Waals surface area contributed by atoms with Gasteiger partial charge in [0.25, 0.3) is 5.91 Å². The summed E-state index contributed by atoms with van der Waals surface area (Å²) >= 11 is 0. The predicted molar refractivity (Wildman–Crippen MR) is 72.4 cm³/mol. The number of rotatable bonds is 3. The summed E-state index contributed by atoms with van der Waals surface area (Å²) in [6.07, 6.45) is -1.21. The van der Waals surface area contributed by atoms with E-state index in [2.05, 4.69) is 10.6 Å². The Labute approximate surface area is 118 Å². The third-order valence-electron chi connectivity index (χ3n) is 2.57. The maximum Gasteiger partial charge on any atom is 0.409 e. The lowest BCUT2D eigenvalue weighted by Gasteiger charge is -2.07. The number of hydrogen-bond acceptors (Lipinski definition) is 2. The van der Waals surface area contributed by atoms with Gasteiger partial charge in [0.1, 0.15) is 11.6 Å². The van der Waals surface area contributed by atoms with E-state index in [1.807, 2.05) is 0 Å². The molecule has 0 aliphatic rings. The van der Waals surface area contributed by atoms with Crippen LogP contribution in [0.5, 0.6) is 0 Å². The van der Waals surface area contributed by atoms with Gasteiger partial charge >= 0.3 is 6.09 Å². The van der Waals surface area contributed by atoms with Crippen molar-refractivity contribution in [1.29, 1.82) is 0 Å². The Morgan fingerprint density at radius 1 is 0.905 bits per heavy atom. The van der Waals surface area contributed by atoms with Gasteiger partial charge in [-0.2, -0.15) is 0 Å². The Morgan fingerprint density at radius 2 is 1.48 bits per heavy atom. The average Bonchev–Trinajstić information content (AvgIpc) is 2.40. The normalized spacial score (nSPS) is 10.0. The van der Waals surface area contributed by atoms with Crippen molar-refractivity contribution in [2.24, 2.45) is 0 Å². The molecule has 2 aromatic rings. The summed E-state index contributed by atoms with van der Waals surface area (Å²) in [7, 11) is 0. The van der Waals surface area contributed by atoms with Crippen molar-refractivity contribution in [2.75, 3.05) is 10.6 Å². The van der Waals surface area contributed by atoms with Crippen molar-refractivity contribution in [3.8, 4) is 0 Å². The summed E-state index contributed by atoms with van der Waals surface area (Å²) in [5, 5.41) is 13.1. The van der Waals surface area contributed by atoms with Crippen LogP contribution in [0.1, 0.15) is 10.4 Å². The number of carboxylic acid groups (broad SMARTS) is 1. The Balaban J connectivity index is 2.10. The maximum absolute atomic E-state index is 13.4. The van der Waals surface area contributed by atoms with Gasteiger partial charge in [-0.3, -0.25) is 10.1 Å². The molecule has 3 N–H and O–H groups in total. The third-order valence-corrected chi connectivity index (χ3v) is 2.57. The summed E-state index contributed by atoms with van der Waals surface area (Å²) in [4.78, 5) is 22.3. The van der Waals surface area contributed by atoms with Gasteiger partial charge in [-0.15, -0.1) is 0 Å². The molecule has 108 valence electrons. The molecule has 0 atom stereocenters. The van der Waals surface area contributed by atoms with Crippen LogP contribution in [0.2, 0.25) is 0 Å². The van der Waals surface area contributed by atoms with Crippen LogP contribution in [0.15, 0.2) is 42.5 Å². The van der Waals surface area contributed by atoms with Crippen LogP contribution < -0.4 is 10.6 Å². The molecular formula is C14H10F2N2O3. The van der Waals surface area contributed by atoms with E-state index in [0.29, 0.717) is 17.4 Å². The SMILES string of the molecule is O=C(O)Nc1ccc(NC(=O)c2ccc(F)cc2F)cc1. The fraction of sp³-hybridized carbons (Fsp3) is 0. The molecule has 0 saturated carbocycles. The molecule has 0 fully saturated rings. The Morgan fingerprint density at radius 3 is 2.00 bits per heavy atom. The predicted octanol–water partition coefficient (Wildman–Crippen LogP) is 3.31. The molecule has 2 amide bonds. The summed E-state index contributed by atoms with van der Waals surface area (Å²) in [6.45, 7) is 0.